The highest BCUT2D eigenvalue weighted by molar-refractivity contribution is 6.30. The molecular weight excluding hydrogens is 280 g/mol. The Morgan fingerprint density at radius 2 is 2.05 bits per heavy atom. The normalized spacial score (nSPS) is 21.5. The van der Waals surface area contributed by atoms with Gasteiger partial charge in [-0.05, 0) is 30.7 Å². The third-order valence-electron chi connectivity index (χ3n) is 3.11. The van der Waals surface area contributed by atoms with Crippen molar-refractivity contribution in [2.75, 3.05) is 18.4 Å². The van der Waals surface area contributed by atoms with E-state index >= 15 is 0 Å². The van der Waals surface area contributed by atoms with Gasteiger partial charge < -0.3 is 21.7 Å². The number of hydrogen-bond donors (Lipinski definition) is 4. The second kappa shape index (κ2) is 6.69. The van der Waals surface area contributed by atoms with E-state index in [0.717, 1.165) is 0 Å². The van der Waals surface area contributed by atoms with Crippen LogP contribution in [-0.2, 0) is 9.59 Å². The lowest BCUT2D eigenvalue weighted by Crippen LogP contribution is -2.39. The number of hydrogen-bond acceptors (Lipinski definition) is 4. The van der Waals surface area contributed by atoms with Gasteiger partial charge in [-0.2, -0.15) is 0 Å². The van der Waals surface area contributed by atoms with Gasteiger partial charge in [0.15, 0.2) is 0 Å². The molecule has 0 saturated carbocycles. The highest BCUT2D eigenvalue weighted by Crippen LogP contribution is 2.15. The number of carbonyl (C=O) groups excluding carboxylic acids is 2. The van der Waals surface area contributed by atoms with Crippen molar-refractivity contribution < 1.29 is 9.59 Å². The Morgan fingerprint density at radius 3 is 2.70 bits per heavy atom. The molecule has 2 amide bonds. The molecule has 1 unspecified atom stereocenters. The van der Waals surface area contributed by atoms with E-state index in [1.165, 1.54) is 0 Å². The topological polar surface area (TPSA) is 96.2 Å². The third kappa shape index (κ3) is 3.93. The number of rotatable bonds is 4. The maximum atomic E-state index is 12.1. The fraction of sp³-hybridized carbons (Fsp3) is 0.385. The summed E-state index contributed by atoms with van der Waals surface area (Å²) in [6, 6.07) is 6.51. The maximum Gasteiger partial charge on any atom is 0.241 e. The Morgan fingerprint density at radius 1 is 1.35 bits per heavy atom. The van der Waals surface area contributed by atoms with Gasteiger partial charge in [-0.1, -0.05) is 11.6 Å². The molecule has 7 heteroatoms. The van der Waals surface area contributed by atoms with Gasteiger partial charge in [-0.15, -0.1) is 0 Å². The number of carbonyl (C=O) groups is 2. The van der Waals surface area contributed by atoms with Crippen molar-refractivity contribution in [1.82, 2.24) is 10.6 Å². The molecular formula is C13H17ClN4O2. The molecule has 20 heavy (non-hydrogen) atoms. The van der Waals surface area contributed by atoms with E-state index < -0.39 is 0 Å². The van der Waals surface area contributed by atoms with Crippen molar-refractivity contribution >= 4 is 29.1 Å². The highest BCUT2D eigenvalue weighted by atomic mass is 35.5. The fourth-order valence-electron chi connectivity index (χ4n) is 2.09. The van der Waals surface area contributed by atoms with E-state index in [9.17, 15) is 9.59 Å². The van der Waals surface area contributed by atoms with Crippen LogP contribution in [0, 0.1) is 0 Å². The Balaban J connectivity index is 1.85. The van der Waals surface area contributed by atoms with E-state index in [1.54, 1.807) is 24.3 Å². The lowest BCUT2D eigenvalue weighted by molar-refractivity contribution is -0.121. The molecule has 1 aliphatic rings. The van der Waals surface area contributed by atoms with Gasteiger partial charge in [0.2, 0.25) is 11.8 Å². The molecule has 1 fully saturated rings. The molecule has 0 spiro atoms. The maximum absolute atomic E-state index is 12.1. The smallest absolute Gasteiger partial charge is 0.241 e. The number of anilines is 1. The molecule has 0 bridgehead atoms. The molecule has 1 aromatic rings. The molecule has 2 atom stereocenters. The van der Waals surface area contributed by atoms with Crippen LogP contribution in [0.1, 0.15) is 6.42 Å². The van der Waals surface area contributed by atoms with Crippen molar-refractivity contribution in [2.24, 2.45) is 5.73 Å². The minimum absolute atomic E-state index is 0.0435. The van der Waals surface area contributed by atoms with Crippen molar-refractivity contribution in [2.45, 2.75) is 18.5 Å². The number of nitrogens with one attached hydrogen (secondary N) is 3. The summed E-state index contributed by atoms with van der Waals surface area (Å²) in [5.41, 5.74) is 5.93. The third-order valence-corrected chi connectivity index (χ3v) is 3.36. The van der Waals surface area contributed by atoms with E-state index in [0.29, 0.717) is 23.7 Å². The van der Waals surface area contributed by atoms with Crippen molar-refractivity contribution in [3.63, 3.8) is 0 Å². The lowest BCUT2D eigenvalue weighted by Gasteiger charge is -2.12. The Labute approximate surface area is 122 Å². The predicted octanol–water partition coefficient (Wildman–Crippen LogP) is 0.0839. The standard InChI is InChI=1S/C13H17ClN4O2/c14-8-1-3-9(4-2-8)18-13(20)11-5-10(7-16-11)17-12(19)6-15/h1-4,10-11,16H,5-7,15H2,(H,17,19)(H,18,20)/t10?,11-/m0/s1. The molecule has 1 aromatic carbocycles. The average Bonchev–Trinajstić information content (AvgIpc) is 2.89. The van der Waals surface area contributed by atoms with Gasteiger partial charge in [0.05, 0.1) is 12.6 Å². The number of benzene rings is 1. The molecule has 0 aromatic heterocycles. The first kappa shape index (κ1) is 14.8. The van der Waals surface area contributed by atoms with Crippen LogP contribution >= 0.6 is 11.6 Å². The van der Waals surface area contributed by atoms with Crippen LogP contribution in [-0.4, -0.2) is 37.0 Å². The van der Waals surface area contributed by atoms with Crippen LogP contribution in [0.5, 0.6) is 0 Å². The Hall–Kier alpha value is -1.63. The lowest BCUT2D eigenvalue weighted by atomic mass is 10.1. The monoisotopic (exact) mass is 296 g/mol. The number of nitrogens with two attached hydrogens (primary N) is 1. The van der Waals surface area contributed by atoms with E-state index in [4.69, 9.17) is 17.3 Å². The molecule has 0 radical (unpaired) electrons. The van der Waals surface area contributed by atoms with Crippen LogP contribution in [0.25, 0.3) is 0 Å². The Bertz CT molecular complexity index is 492. The van der Waals surface area contributed by atoms with Gasteiger partial charge in [-0.25, -0.2) is 0 Å². The average molecular weight is 297 g/mol. The first-order valence-corrected chi connectivity index (χ1v) is 6.75. The van der Waals surface area contributed by atoms with Gasteiger partial charge in [0.1, 0.15) is 0 Å². The minimum Gasteiger partial charge on any atom is -0.351 e. The highest BCUT2D eigenvalue weighted by Gasteiger charge is 2.30. The SMILES string of the molecule is NCC(=O)NC1CN[C@H](C(=O)Nc2ccc(Cl)cc2)C1. The summed E-state index contributed by atoms with van der Waals surface area (Å²) >= 11 is 5.78. The Kier molecular flexibility index (Phi) is 4.94. The summed E-state index contributed by atoms with van der Waals surface area (Å²) in [5.74, 6) is -0.340. The summed E-state index contributed by atoms with van der Waals surface area (Å²) in [7, 11) is 0. The van der Waals surface area contributed by atoms with Crippen LogP contribution in [0.2, 0.25) is 5.02 Å². The second-order valence-corrected chi connectivity index (χ2v) is 5.10. The summed E-state index contributed by atoms with van der Waals surface area (Å²) in [6.07, 6.45) is 0.547. The second-order valence-electron chi connectivity index (χ2n) is 4.66. The zero-order valence-electron chi connectivity index (χ0n) is 10.9. The predicted molar refractivity (Wildman–Crippen MR) is 77.5 cm³/mol. The zero-order chi connectivity index (χ0) is 14.5. The molecule has 5 N–H and O–H groups in total. The largest absolute Gasteiger partial charge is 0.351 e. The van der Waals surface area contributed by atoms with E-state index in [2.05, 4.69) is 16.0 Å². The summed E-state index contributed by atoms with van der Waals surface area (Å²) in [6.45, 7) is 0.516. The van der Waals surface area contributed by atoms with Crippen molar-refractivity contribution in [3.05, 3.63) is 29.3 Å². The fourth-order valence-corrected chi connectivity index (χ4v) is 2.22. The molecule has 1 saturated heterocycles. The first-order valence-electron chi connectivity index (χ1n) is 6.37. The molecule has 1 heterocycles. The minimum atomic E-state index is -0.325. The van der Waals surface area contributed by atoms with Crippen molar-refractivity contribution in [3.8, 4) is 0 Å². The molecule has 6 nitrogen and oxygen atoms in total. The molecule has 2 rings (SSSR count). The van der Waals surface area contributed by atoms with Crippen LogP contribution < -0.4 is 21.7 Å². The van der Waals surface area contributed by atoms with Crippen LogP contribution in [0.15, 0.2) is 24.3 Å². The zero-order valence-corrected chi connectivity index (χ0v) is 11.6. The van der Waals surface area contributed by atoms with Gasteiger partial charge in [-0.3, -0.25) is 9.59 Å². The number of halogens is 1. The molecule has 108 valence electrons. The summed E-state index contributed by atoms with van der Waals surface area (Å²) < 4.78 is 0. The van der Waals surface area contributed by atoms with Crippen molar-refractivity contribution in [1.29, 1.82) is 0 Å². The van der Waals surface area contributed by atoms with Gasteiger partial charge in [0.25, 0.3) is 0 Å². The molecule has 0 aliphatic carbocycles. The van der Waals surface area contributed by atoms with Gasteiger partial charge >= 0.3 is 0 Å². The van der Waals surface area contributed by atoms with E-state index in [1.807, 2.05) is 0 Å². The molecule has 1 aliphatic heterocycles. The summed E-state index contributed by atoms with van der Waals surface area (Å²) in [5, 5.41) is 9.25. The quantitative estimate of drug-likeness (QED) is 0.633. The van der Waals surface area contributed by atoms with Crippen LogP contribution in [0.4, 0.5) is 5.69 Å². The van der Waals surface area contributed by atoms with Gasteiger partial charge in [0, 0.05) is 23.3 Å². The first-order chi connectivity index (χ1) is 9.58. The summed E-state index contributed by atoms with van der Waals surface area (Å²) in [4.78, 5) is 23.2. The van der Waals surface area contributed by atoms with Crippen LogP contribution in [0.3, 0.4) is 0 Å². The van der Waals surface area contributed by atoms with E-state index in [-0.39, 0.29) is 30.4 Å². The number of amides is 2.